The van der Waals surface area contributed by atoms with Crippen molar-refractivity contribution in [1.82, 2.24) is 4.98 Å². The van der Waals surface area contributed by atoms with Gasteiger partial charge in [0, 0.05) is 17.5 Å². The van der Waals surface area contributed by atoms with Crippen LogP contribution in [0.4, 0.5) is 8.78 Å². The zero-order valence-corrected chi connectivity index (χ0v) is 15.5. The average molecular weight is 378 g/mol. The Hall–Kier alpha value is -3.08. The Kier molecular flexibility index (Phi) is 5.15. The van der Waals surface area contributed by atoms with Crippen LogP contribution in [0.25, 0.3) is 11.1 Å². The van der Waals surface area contributed by atoms with E-state index >= 15 is 0 Å². The summed E-state index contributed by atoms with van der Waals surface area (Å²) in [4.78, 5) is 8.88. The fourth-order valence-electron chi connectivity index (χ4n) is 3.28. The monoisotopic (exact) mass is 378 g/mol. The molecule has 0 saturated carbocycles. The van der Waals surface area contributed by atoms with Crippen LogP contribution in [-0.4, -0.2) is 17.5 Å². The molecule has 0 aliphatic carbocycles. The van der Waals surface area contributed by atoms with Crippen LogP contribution in [-0.2, 0) is 11.2 Å². The highest BCUT2D eigenvalue weighted by atomic mass is 19.1. The molecule has 0 spiro atoms. The van der Waals surface area contributed by atoms with Crippen LogP contribution < -0.4 is 0 Å². The molecule has 1 atom stereocenters. The van der Waals surface area contributed by atoms with E-state index in [0.717, 1.165) is 35.2 Å². The van der Waals surface area contributed by atoms with Crippen LogP contribution in [0.5, 0.6) is 0 Å². The van der Waals surface area contributed by atoms with Gasteiger partial charge in [0.2, 0.25) is 5.90 Å². The van der Waals surface area contributed by atoms with E-state index in [9.17, 15) is 8.78 Å². The molecular formula is C23H20F2N2O. The normalized spacial score (nSPS) is 16.0. The van der Waals surface area contributed by atoms with Crippen molar-refractivity contribution in [3.05, 3.63) is 89.2 Å². The van der Waals surface area contributed by atoms with Crippen LogP contribution in [0, 0.1) is 11.6 Å². The Labute approximate surface area is 162 Å². The maximum atomic E-state index is 13.9. The molecule has 0 N–H and O–H groups in total. The number of nitrogens with zero attached hydrogens (tertiary/aromatic N) is 2. The Bertz CT molecular complexity index is 978. The predicted octanol–water partition coefficient (Wildman–Crippen LogP) is 5.50. The van der Waals surface area contributed by atoms with Crippen molar-refractivity contribution in [2.75, 3.05) is 6.61 Å². The van der Waals surface area contributed by atoms with Crippen LogP contribution in [0.2, 0.25) is 0 Å². The molecule has 142 valence electrons. The van der Waals surface area contributed by atoms with Crippen molar-refractivity contribution in [3.63, 3.8) is 0 Å². The van der Waals surface area contributed by atoms with Crippen molar-refractivity contribution in [2.24, 2.45) is 4.99 Å². The van der Waals surface area contributed by atoms with Crippen molar-refractivity contribution in [1.29, 1.82) is 0 Å². The van der Waals surface area contributed by atoms with E-state index in [1.54, 1.807) is 0 Å². The van der Waals surface area contributed by atoms with Crippen molar-refractivity contribution >= 4 is 5.90 Å². The lowest BCUT2D eigenvalue weighted by molar-refractivity contribution is 0.317. The van der Waals surface area contributed by atoms with Crippen LogP contribution in [0.15, 0.2) is 65.8 Å². The maximum Gasteiger partial charge on any atom is 0.222 e. The van der Waals surface area contributed by atoms with Crippen molar-refractivity contribution < 1.29 is 13.5 Å². The van der Waals surface area contributed by atoms with Gasteiger partial charge in [0.05, 0.1) is 0 Å². The summed E-state index contributed by atoms with van der Waals surface area (Å²) in [7, 11) is 0. The van der Waals surface area contributed by atoms with E-state index in [0.29, 0.717) is 0 Å². The summed E-state index contributed by atoms with van der Waals surface area (Å²) in [6, 6.07) is 15.5. The molecule has 5 heteroatoms. The van der Waals surface area contributed by atoms with E-state index in [4.69, 9.17) is 4.74 Å². The minimum Gasteiger partial charge on any atom is -0.475 e. The highest BCUT2D eigenvalue weighted by molar-refractivity contribution is 5.95. The number of pyridine rings is 1. The second-order valence-electron chi connectivity index (χ2n) is 6.77. The molecule has 3 nitrogen and oxygen atoms in total. The molecule has 1 aromatic heterocycles. The molecule has 0 radical (unpaired) electrons. The first-order chi connectivity index (χ1) is 13.7. The second-order valence-corrected chi connectivity index (χ2v) is 6.77. The van der Waals surface area contributed by atoms with E-state index in [-0.39, 0.29) is 24.1 Å². The summed E-state index contributed by atoms with van der Waals surface area (Å²) in [5, 5.41) is 0. The van der Waals surface area contributed by atoms with Crippen LogP contribution in [0.3, 0.4) is 0 Å². The molecule has 1 aliphatic heterocycles. The van der Waals surface area contributed by atoms with Gasteiger partial charge in [-0.2, -0.15) is 0 Å². The van der Waals surface area contributed by atoms with Gasteiger partial charge >= 0.3 is 0 Å². The Morgan fingerprint density at radius 1 is 0.964 bits per heavy atom. The minimum absolute atomic E-state index is 0.0142. The first-order valence-electron chi connectivity index (χ1n) is 9.36. The van der Waals surface area contributed by atoms with Gasteiger partial charge in [-0.1, -0.05) is 49.7 Å². The zero-order chi connectivity index (χ0) is 19.5. The number of ether oxygens (including phenoxy) is 1. The Balaban J connectivity index is 1.54. The summed E-state index contributed by atoms with van der Waals surface area (Å²) in [6.07, 6.45) is 3.93. The molecule has 4 rings (SSSR count). The molecule has 2 heterocycles. The van der Waals surface area contributed by atoms with Gasteiger partial charge in [0.15, 0.2) is 0 Å². The molecular weight excluding hydrogens is 358 g/mol. The van der Waals surface area contributed by atoms with Gasteiger partial charge in [-0.3, -0.25) is 4.98 Å². The largest absolute Gasteiger partial charge is 0.475 e. The number of hydrogen-bond acceptors (Lipinski definition) is 3. The number of halogens is 2. The van der Waals surface area contributed by atoms with Gasteiger partial charge < -0.3 is 4.74 Å². The van der Waals surface area contributed by atoms with E-state index in [1.807, 2.05) is 30.5 Å². The zero-order valence-electron chi connectivity index (χ0n) is 15.5. The van der Waals surface area contributed by atoms with Crippen molar-refractivity contribution in [2.45, 2.75) is 25.8 Å². The number of aromatic nitrogens is 1. The molecule has 0 saturated heterocycles. The predicted molar refractivity (Wildman–Crippen MR) is 105 cm³/mol. The molecule has 1 unspecified atom stereocenters. The fraction of sp³-hybridized carbons (Fsp3) is 0.217. The third-order valence-electron chi connectivity index (χ3n) is 4.79. The lowest BCUT2D eigenvalue weighted by atomic mass is 10.0. The van der Waals surface area contributed by atoms with Gasteiger partial charge in [-0.05, 0) is 35.7 Å². The lowest BCUT2D eigenvalue weighted by Crippen LogP contribution is -2.07. The van der Waals surface area contributed by atoms with E-state index in [2.05, 4.69) is 29.0 Å². The molecule has 0 amide bonds. The highest BCUT2D eigenvalue weighted by Crippen LogP contribution is 2.29. The molecule has 2 aromatic carbocycles. The molecule has 1 aliphatic rings. The van der Waals surface area contributed by atoms with Gasteiger partial charge in [-0.25, -0.2) is 13.8 Å². The molecule has 0 fully saturated rings. The smallest absolute Gasteiger partial charge is 0.222 e. The average Bonchev–Trinajstić information content (AvgIpc) is 3.19. The van der Waals surface area contributed by atoms with Crippen LogP contribution >= 0.6 is 0 Å². The first-order valence-corrected chi connectivity index (χ1v) is 9.36. The minimum atomic E-state index is -0.672. The first kappa shape index (κ1) is 18.3. The third kappa shape index (κ3) is 3.65. The highest BCUT2D eigenvalue weighted by Gasteiger charge is 2.26. The quantitative estimate of drug-likeness (QED) is 0.588. The van der Waals surface area contributed by atoms with Crippen LogP contribution in [0.1, 0.15) is 36.2 Å². The second kappa shape index (κ2) is 7.89. The summed E-state index contributed by atoms with van der Waals surface area (Å²) < 4.78 is 33.4. The summed E-state index contributed by atoms with van der Waals surface area (Å²) in [6.45, 7) is 2.39. The number of aryl methyl sites for hydroxylation is 1. The Morgan fingerprint density at radius 3 is 2.32 bits per heavy atom. The molecule has 0 bridgehead atoms. The fourth-order valence-corrected chi connectivity index (χ4v) is 3.28. The molecule has 28 heavy (non-hydrogen) atoms. The van der Waals surface area contributed by atoms with Gasteiger partial charge in [-0.15, -0.1) is 0 Å². The standard InChI is InChI=1S/C23H20F2N2O/c1-2-4-18-12-11-17(13-26-18)15-7-9-16(10-8-15)21-14-28-23(27-21)22-19(24)5-3-6-20(22)25/h3,5-13,21H,2,4,14H2,1H3. The van der Waals surface area contributed by atoms with Crippen molar-refractivity contribution in [3.8, 4) is 11.1 Å². The summed E-state index contributed by atoms with van der Waals surface area (Å²) in [5.74, 6) is -1.33. The molecule has 3 aromatic rings. The SMILES string of the molecule is CCCc1ccc(-c2ccc(C3COC(c4c(F)cccc4F)=N3)cc2)cn1. The lowest BCUT2D eigenvalue weighted by Gasteiger charge is -2.07. The van der Waals surface area contributed by atoms with E-state index < -0.39 is 11.6 Å². The summed E-state index contributed by atoms with van der Waals surface area (Å²) in [5.41, 5.74) is 3.92. The number of rotatable bonds is 5. The number of benzene rings is 2. The maximum absolute atomic E-state index is 13.9. The summed E-state index contributed by atoms with van der Waals surface area (Å²) >= 11 is 0. The number of aliphatic imine (C=N–C) groups is 1. The van der Waals surface area contributed by atoms with Gasteiger partial charge in [0.25, 0.3) is 0 Å². The number of hydrogen-bond donors (Lipinski definition) is 0. The Morgan fingerprint density at radius 2 is 1.68 bits per heavy atom. The van der Waals surface area contributed by atoms with E-state index in [1.165, 1.54) is 18.2 Å². The topological polar surface area (TPSA) is 34.5 Å². The third-order valence-corrected chi connectivity index (χ3v) is 4.79. The van der Waals surface area contributed by atoms with Gasteiger partial charge in [0.1, 0.15) is 29.8 Å².